The topological polar surface area (TPSA) is 38.0 Å². The molecule has 0 bridgehead atoms. The van der Waals surface area contributed by atoms with Gasteiger partial charge in [0.25, 0.3) is 0 Å². The molecule has 1 N–H and O–H groups in total. The predicted octanol–water partition coefficient (Wildman–Crippen LogP) is 3.19. The number of nitrogens with zero attached hydrogens (tertiary/aromatic N) is 2. The van der Waals surface area contributed by atoms with Crippen LogP contribution < -0.4 is 0 Å². The molecule has 1 aromatic carbocycles. The predicted molar refractivity (Wildman–Crippen MR) is 57.1 cm³/mol. The largest absolute Gasteiger partial charge is 0.492 e. The number of hydrogen-bond acceptors (Lipinski definition) is 3. The number of aromatic hydroxyl groups is 1. The maximum atomic E-state index is 12.1. The van der Waals surface area contributed by atoms with Crippen LogP contribution in [0.2, 0.25) is 0 Å². The molecule has 0 saturated carbocycles. The molecule has 0 unspecified atom stereocenters. The Balaban J connectivity index is 2.19. The molecule has 0 fully saturated rings. The second-order valence-corrected chi connectivity index (χ2v) is 4.30. The number of rotatable bonds is 2. The van der Waals surface area contributed by atoms with E-state index in [4.69, 9.17) is 5.11 Å². The molecule has 2 rings (SSSR count). The highest BCUT2D eigenvalue weighted by molar-refractivity contribution is 8.00. The summed E-state index contributed by atoms with van der Waals surface area (Å²) in [6.45, 7) is 0. The third kappa shape index (κ3) is 3.16. The van der Waals surface area contributed by atoms with E-state index in [1.165, 1.54) is 41.2 Å². The van der Waals surface area contributed by atoms with Gasteiger partial charge < -0.3 is 5.11 Å². The lowest BCUT2D eigenvalue weighted by Crippen LogP contribution is -1.99. The van der Waals surface area contributed by atoms with Crippen molar-refractivity contribution in [3.8, 4) is 11.6 Å². The first-order chi connectivity index (χ1) is 7.94. The molecule has 7 heteroatoms. The van der Waals surface area contributed by atoms with Crippen LogP contribution in [-0.4, -0.2) is 20.4 Å². The molecule has 1 aromatic heterocycles. The van der Waals surface area contributed by atoms with Crippen molar-refractivity contribution in [1.82, 2.24) is 9.78 Å². The molecule has 0 spiro atoms. The lowest BCUT2D eigenvalue weighted by molar-refractivity contribution is -0.0328. The first-order valence-corrected chi connectivity index (χ1v) is 5.36. The zero-order chi connectivity index (χ0) is 12.5. The van der Waals surface area contributed by atoms with Crippen molar-refractivity contribution < 1.29 is 18.3 Å². The van der Waals surface area contributed by atoms with E-state index in [-0.39, 0.29) is 22.5 Å². The lowest BCUT2D eigenvalue weighted by Gasteiger charge is -2.06. The minimum absolute atomic E-state index is 0.109. The monoisotopic (exact) mass is 260 g/mol. The van der Waals surface area contributed by atoms with Crippen LogP contribution >= 0.6 is 11.8 Å². The van der Waals surface area contributed by atoms with E-state index < -0.39 is 5.51 Å². The number of aromatic nitrogens is 2. The molecular formula is C10H7F3N2OS. The van der Waals surface area contributed by atoms with Crippen LogP contribution in [0, 0.1) is 0 Å². The standard InChI is InChI=1S/C10H7F3N2OS/c11-10(12,13)17-8-3-1-7(2-4-8)15-6-5-9(16)14-15/h1-6H,(H,14,16). The van der Waals surface area contributed by atoms with Crippen molar-refractivity contribution in [1.29, 1.82) is 0 Å². The Kier molecular flexibility index (Phi) is 3.01. The number of benzene rings is 1. The lowest BCUT2D eigenvalue weighted by atomic mass is 10.3. The van der Waals surface area contributed by atoms with Crippen molar-refractivity contribution >= 4 is 11.8 Å². The normalized spacial score (nSPS) is 11.7. The molecule has 0 saturated heterocycles. The first kappa shape index (κ1) is 11.8. The summed E-state index contributed by atoms with van der Waals surface area (Å²) < 4.78 is 37.6. The third-order valence-corrected chi connectivity index (χ3v) is 2.65. The fourth-order valence-corrected chi connectivity index (χ4v) is 1.80. The molecule has 2 aromatic rings. The van der Waals surface area contributed by atoms with Crippen LogP contribution in [0.3, 0.4) is 0 Å². The molecule has 0 aliphatic heterocycles. The van der Waals surface area contributed by atoms with Gasteiger partial charge in [0.05, 0.1) is 5.69 Å². The maximum Gasteiger partial charge on any atom is 0.446 e. The van der Waals surface area contributed by atoms with E-state index in [1.807, 2.05) is 0 Å². The summed E-state index contributed by atoms with van der Waals surface area (Å²) in [4.78, 5) is 0.109. The second-order valence-electron chi connectivity index (χ2n) is 3.16. The van der Waals surface area contributed by atoms with E-state index in [0.717, 1.165) is 0 Å². The summed E-state index contributed by atoms with van der Waals surface area (Å²) in [5, 5.41) is 12.8. The Labute approximate surface area is 98.9 Å². The molecule has 0 atom stereocenters. The molecule has 90 valence electrons. The minimum Gasteiger partial charge on any atom is -0.492 e. The summed E-state index contributed by atoms with van der Waals surface area (Å²) in [5.74, 6) is -0.140. The highest BCUT2D eigenvalue weighted by atomic mass is 32.2. The number of halogens is 3. The second kappa shape index (κ2) is 4.33. The van der Waals surface area contributed by atoms with Gasteiger partial charge in [-0.1, -0.05) is 0 Å². The molecule has 0 aliphatic rings. The van der Waals surface area contributed by atoms with Gasteiger partial charge in [0.2, 0.25) is 5.88 Å². The highest BCUT2D eigenvalue weighted by Crippen LogP contribution is 2.36. The van der Waals surface area contributed by atoms with E-state index in [1.54, 1.807) is 0 Å². The van der Waals surface area contributed by atoms with Gasteiger partial charge in [0.1, 0.15) is 0 Å². The smallest absolute Gasteiger partial charge is 0.446 e. The minimum atomic E-state index is -4.29. The molecule has 3 nitrogen and oxygen atoms in total. The zero-order valence-electron chi connectivity index (χ0n) is 8.35. The Morgan fingerprint density at radius 3 is 2.24 bits per heavy atom. The molecule has 0 aliphatic carbocycles. The van der Waals surface area contributed by atoms with Crippen molar-refractivity contribution in [2.24, 2.45) is 0 Å². The van der Waals surface area contributed by atoms with Crippen LogP contribution in [0.1, 0.15) is 0 Å². The Bertz CT molecular complexity index is 507. The van der Waals surface area contributed by atoms with Crippen LogP contribution in [-0.2, 0) is 0 Å². The number of hydrogen-bond donors (Lipinski definition) is 1. The average molecular weight is 260 g/mol. The van der Waals surface area contributed by atoms with Crippen molar-refractivity contribution in [2.45, 2.75) is 10.4 Å². The summed E-state index contributed by atoms with van der Waals surface area (Å²) >= 11 is -0.169. The molecular weight excluding hydrogens is 253 g/mol. The van der Waals surface area contributed by atoms with Gasteiger partial charge in [-0.15, -0.1) is 5.10 Å². The van der Waals surface area contributed by atoms with Gasteiger partial charge in [-0.25, -0.2) is 4.68 Å². The number of alkyl halides is 3. The fourth-order valence-electron chi connectivity index (χ4n) is 1.26. The van der Waals surface area contributed by atoms with Gasteiger partial charge in [-0.2, -0.15) is 13.2 Å². The van der Waals surface area contributed by atoms with E-state index in [9.17, 15) is 13.2 Å². The molecule has 0 amide bonds. The fraction of sp³-hybridized carbons (Fsp3) is 0.100. The van der Waals surface area contributed by atoms with Gasteiger partial charge in [-0.05, 0) is 36.0 Å². The van der Waals surface area contributed by atoms with Gasteiger partial charge >= 0.3 is 5.51 Å². The first-order valence-electron chi connectivity index (χ1n) is 4.55. The SMILES string of the molecule is Oc1ccn(-c2ccc(SC(F)(F)F)cc2)n1. The number of thioether (sulfide) groups is 1. The maximum absolute atomic E-state index is 12.1. The van der Waals surface area contributed by atoms with E-state index in [0.29, 0.717) is 5.69 Å². The van der Waals surface area contributed by atoms with Crippen molar-refractivity contribution in [3.63, 3.8) is 0 Å². The van der Waals surface area contributed by atoms with Crippen LogP contribution in [0.5, 0.6) is 5.88 Å². The van der Waals surface area contributed by atoms with Crippen molar-refractivity contribution in [2.75, 3.05) is 0 Å². The summed E-state index contributed by atoms with van der Waals surface area (Å²) in [6, 6.07) is 7.10. The molecule has 17 heavy (non-hydrogen) atoms. The van der Waals surface area contributed by atoms with Crippen LogP contribution in [0.4, 0.5) is 13.2 Å². The third-order valence-electron chi connectivity index (χ3n) is 1.91. The van der Waals surface area contributed by atoms with Crippen LogP contribution in [0.25, 0.3) is 5.69 Å². The Morgan fingerprint density at radius 2 is 1.76 bits per heavy atom. The van der Waals surface area contributed by atoms with E-state index >= 15 is 0 Å². The summed E-state index contributed by atoms with van der Waals surface area (Å²) in [5.41, 5.74) is -3.71. The van der Waals surface area contributed by atoms with Gasteiger partial charge in [0, 0.05) is 17.2 Å². The summed E-state index contributed by atoms with van der Waals surface area (Å²) in [7, 11) is 0. The Morgan fingerprint density at radius 1 is 1.12 bits per heavy atom. The van der Waals surface area contributed by atoms with Crippen LogP contribution in [0.15, 0.2) is 41.4 Å². The van der Waals surface area contributed by atoms with E-state index in [2.05, 4.69) is 5.10 Å². The van der Waals surface area contributed by atoms with Gasteiger partial charge in [0.15, 0.2) is 0 Å². The van der Waals surface area contributed by atoms with Gasteiger partial charge in [-0.3, -0.25) is 0 Å². The molecule has 0 radical (unpaired) electrons. The average Bonchev–Trinajstić information content (AvgIpc) is 2.63. The quantitative estimate of drug-likeness (QED) is 0.843. The highest BCUT2D eigenvalue weighted by Gasteiger charge is 2.28. The van der Waals surface area contributed by atoms with Crippen molar-refractivity contribution in [3.05, 3.63) is 36.5 Å². The summed E-state index contributed by atoms with van der Waals surface area (Å²) in [6.07, 6.45) is 1.52. The molecule has 1 heterocycles. The zero-order valence-corrected chi connectivity index (χ0v) is 9.16. The Hall–Kier alpha value is -1.63.